The van der Waals surface area contributed by atoms with Crippen LogP contribution in [0.1, 0.15) is 29.8 Å². The van der Waals surface area contributed by atoms with Crippen LogP contribution >= 0.6 is 0 Å². The molecule has 1 saturated heterocycles. The van der Waals surface area contributed by atoms with Crippen LogP contribution in [0.4, 0.5) is 0 Å². The van der Waals surface area contributed by atoms with Crippen molar-refractivity contribution in [1.29, 1.82) is 0 Å². The van der Waals surface area contributed by atoms with Gasteiger partial charge >= 0.3 is 0 Å². The topological polar surface area (TPSA) is 76.6 Å². The summed E-state index contributed by atoms with van der Waals surface area (Å²) in [5, 5.41) is 3.43. The van der Waals surface area contributed by atoms with Gasteiger partial charge in [-0.1, -0.05) is 54.6 Å². The third-order valence-electron chi connectivity index (χ3n) is 5.66. The molecule has 7 nitrogen and oxygen atoms in total. The SMILES string of the molecule is CN=C(NCc1cccc(CN2CCCC2=O)c1)N(C)Cc1ncc(-c2ccccc2)[nH]1. The fraction of sp³-hybridized carbons (Fsp3) is 0.320. The Morgan fingerprint density at radius 1 is 1.19 bits per heavy atom. The number of aliphatic imine (C=N–C) groups is 1. The molecule has 0 saturated carbocycles. The molecule has 1 aliphatic heterocycles. The summed E-state index contributed by atoms with van der Waals surface area (Å²) in [7, 11) is 3.78. The molecule has 1 aliphatic rings. The van der Waals surface area contributed by atoms with Gasteiger partial charge in [0.1, 0.15) is 5.82 Å². The van der Waals surface area contributed by atoms with Crippen molar-refractivity contribution in [2.24, 2.45) is 4.99 Å². The van der Waals surface area contributed by atoms with E-state index in [2.05, 4.69) is 50.6 Å². The summed E-state index contributed by atoms with van der Waals surface area (Å²) < 4.78 is 0. The van der Waals surface area contributed by atoms with Gasteiger partial charge in [0.25, 0.3) is 0 Å². The van der Waals surface area contributed by atoms with E-state index in [0.717, 1.165) is 47.1 Å². The Labute approximate surface area is 189 Å². The lowest BCUT2D eigenvalue weighted by Gasteiger charge is -2.21. The number of nitrogens with zero attached hydrogens (tertiary/aromatic N) is 4. The molecule has 0 spiro atoms. The van der Waals surface area contributed by atoms with Crippen LogP contribution in [0.15, 0.2) is 65.8 Å². The van der Waals surface area contributed by atoms with Gasteiger partial charge in [-0.25, -0.2) is 4.98 Å². The predicted octanol–water partition coefficient (Wildman–Crippen LogP) is 3.41. The van der Waals surface area contributed by atoms with Crippen molar-refractivity contribution in [2.75, 3.05) is 20.6 Å². The first-order valence-electron chi connectivity index (χ1n) is 11.0. The second-order valence-electron chi connectivity index (χ2n) is 8.11. The highest BCUT2D eigenvalue weighted by atomic mass is 16.2. The smallest absolute Gasteiger partial charge is 0.222 e. The third kappa shape index (κ3) is 5.35. The number of likely N-dealkylation sites (tertiary alicyclic amines) is 1. The van der Waals surface area contributed by atoms with Crippen molar-refractivity contribution in [1.82, 2.24) is 25.1 Å². The molecule has 0 unspecified atom stereocenters. The fourth-order valence-corrected chi connectivity index (χ4v) is 4.00. The molecule has 0 bridgehead atoms. The average Bonchev–Trinajstić information content (AvgIpc) is 3.44. The van der Waals surface area contributed by atoms with Crippen molar-refractivity contribution >= 4 is 11.9 Å². The molecule has 2 aromatic carbocycles. The number of aromatic amines is 1. The highest BCUT2D eigenvalue weighted by Gasteiger charge is 2.20. The molecule has 2 N–H and O–H groups in total. The molecular weight excluding hydrogens is 400 g/mol. The van der Waals surface area contributed by atoms with Crippen LogP contribution in [0, 0.1) is 0 Å². The van der Waals surface area contributed by atoms with Gasteiger partial charge in [0, 0.05) is 40.2 Å². The quantitative estimate of drug-likeness (QED) is 0.445. The summed E-state index contributed by atoms with van der Waals surface area (Å²) >= 11 is 0. The standard InChI is InChI=1S/C25H30N6O/c1-26-25(30(2)18-23-27-16-22(29-23)21-10-4-3-5-11-21)28-15-19-8-6-9-20(14-19)17-31-13-7-12-24(31)32/h3-6,8-11,14,16H,7,12-13,15,17-18H2,1-2H3,(H,26,28)(H,27,29). The molecule has 7 heteroatoms. The molecule has 1 amide bonds. The number of hydrogen-bond acceptors (Lipinski definition) is 3. The largest absolute Gasteiger partial charge is 0.352 e. The maximum absolute atomic E-state index is 11.9. The normalized spacial score (nSPS) is 14.1. The summed E-state index contributed by atoms with van der Waals surface area (Å²) in [5.74, 6) is 1.93. The molecule has 0 aliphatic carbocycles. The number of nitrogens with one attached hydrogen (secondary N) is 2. The lowest BCUT2D eigenvalue weighted by molar-refractivity contribution is -0.128. The highest BCUT2D eigenvalue weighted by molar-refractivity contribution is 5.79. The zero-order chi connectivity index (χ0) is 22.3. The number of guanidine groups is 1. The lowest BCUT2D eigenvalue weighted by atomic mass is 10.1. The number of H-pyrrole nitrogens is 1. The highest BCUT2D eigenvalue weighted by Crippen LogP contribution is 2.17. The van der Waals surface area contributed by atoms with Crippen molar-refractivity contribution in [3.05, 3.63) is 77.7 Å². The first kappa shape index (κ1) is 21.6. The minimum absolute atomic E-state index is 0.254. The van der Waals surface area contributed by atoms with Gasteiger partial charge in [0.2, 0.25) is 5.91 Å². The molecular formula is C25H30N6O. The van der Waals surface area contributed by atoms with Crippen LogP contribution in [-0.4, -0.2) is 52.3 Å². The van der Waals surface area contributed by atoms with Gasteiger partial charge < -0.3 is 20.1 Å². The molecule has 2 heterocycles. The molecule has 3 aromatic rings. The number of benzene rings is 2. The number of amides is 1. The first-order chi connectivity index (χ1) is 15.6. The summed E-state index contributed by atoms with van der Waals surface area (Å²) in [4.78, 5) is 28.2. The monoisotopic (exact) mass is 430 g/mol. The molecule has 32 heavy (non-hydrogen) atoms. The number of aromatic nitrogens is 2. The summed E-state index contributed by atoms with van der Waals surface area (Å²) in [5.41, 5.74) is 4.44. The van der Waals surface area contributed by atoms with E-state index < -0.39 is 0 Å². The molecule has 4 rings (SSSR count). The van der Waals surface area contributed by atoms with Crippen molar-refractivity contribution < 1.29 is 4.79 Å². The summed E-state index contributed by atoms with van der Waals surface area (Å²) in [6.07, 6.45) is 3.50. The van der Waals surface area contributed by atoms with Gasteiger partial charge in [-0.15, -0.1) is 0 Å². The second-order valence-corrected chi connectivity index (χ2v) is 8.11. The molecule has 1 fully saturated rings. The zero-order valence-electron chi connectivity index (χ0n) is 18.7. The van der Waals surface area contributed by atoms with E-state index in [4.69, 9.17) is 0 Å². The van der Waals surface area contributed by atoms with Gasteiger partial charge in [0.15, 0.2) is 5.96 Å². The van der Waals surface area contributed by atoms with Crippen LogP contribution in [0.25, 0.3) is 11.3 Å². The van der Waals surface area contributed by atoms with E-state index in [1.54, 1.807) is 7.05 Å². The first-order valence-corrected chi connectivity index (χ1v) is 11.0. The van der Waals surface area contributed by atoms with E-state index in [1.165, 1.54) is 0 Å². The van der Waals surface area contributed by atoms with Crippen LogP contribution in [0.2, 0.25) is 0 Å². The van der Waals surface area contributed by atoms with Gasteiger partial charge in [0.05, 0.1) is 18.4 Å². The lowest BCUT2D eigenvalue weighted by Crippen LogP contribution is -2.38. The average molecular weight is 431 g/mol. The van der Waals surface area contributed by atoms with Crippen molar-refractivity contribution in [3.8, 4) is 11.3 Å². The Morgan fingerprint density at radius 3 is 2.75 bits per heavy atom. The van der Waals surface area contributed by atoms with E-state index >= 15 is 0 Å². The second kappa shape index (κ2) is 10.1. The molecule has 0 atom stereocenters. The summed E-state index contributed by atoms with van der Waals surface area (Å²) in [6, 6.07) is 18.6. The zero-order valence-corrected chi connectivity index (χ0v) is 18.7. The Morgan fingerprint density at radius 2 is 2.00 bits per heavy atom. The van der Waals surface area contributed by atoms with Crippen molar-refractivity contribution in [3.63, 3.8) is 0 Å². The Kier molecular flexibility index (Phi) is 6.84. The van der Waals surface area contributed by atoms with E-state index in [9.17, 15) is 4.79 Å². The fourth-order valence-electron chi connectivity index (χ4n) is 4.00. The molecule has 166 valence electrons. The van der Waals surface area contributed by atoms with Crippen LogP contribution in [0.5, 0.6) is 0 Å². The third-order valence-corrected chi connectivity index (χ3v) is 5.66. The number of hydrogen-bond donors (Lipinski definition) is 2. The van der Waals surface area contributed by atoms with E-state index in [-0.39, 0.29) is 5.91 Å². The van der Waals surface area contributed by atoms with Crippen LogP contribution < -0.4 is 5.32 Å². The summed E-state index contributed by atoms with van der Waals surface area (Å²) in [6.45, 7) is 2.82. The minimum atomic E-state index is 0.254. The minimum Gasteiger partial charge on any atom is -0.352 e. The van der Waals surface area contributed by atoms with Crippen molar-refractivity contribution in [2.45, 2.75) is 32.5 Å². The van der Waals surface area contributed by atoms with Gasteiger partial charge in [-0.3, -0.25) is 9.79 Å². The molecule has 1 aromatic heterocycles. The Balaban J connectivity index is 1.33. The van der Waals surface area contributed by atoms with Crippen LogP contribution in [0.3, 0.4) is 0 Å². The number of carbonyl (C=O) groups excluding carboxylic acids is 1. The van der Waals surface area contributed by atoms with Gasteiger partial charge in [-0.05, 0) is 23.1 Å². The molecule has 0 radical (unpaired) electrons. The number of imidazole rings is 1. The Hall–Kier alpha value is -3.61. The van der Waals surface area contributed by atoms with E-state index in [0.29, 0.717) is 26.1 Å². The van der Waals surface area contributed by atoms with E-state index in [1.807, 2.05) is 47.3 Å². The number of rotatable bonds is 7. The maximum atomic E-state index is 11.9. The predicted molar refractivity (Wildman–Crippen MR) is 127 cm³/mol. The van der Waals surface area contributed by atoms with Crippen LogP contribution in [-0.2, 0) is 24.4 Å². The maximum Gasteiger partial charge on any atom is 0.222 e. The Bertz CT molecular complexity index is 1070. The number of carbonyl (C=O) groups is 1. The van der Waals surface area contributed by atoms with Gasteiger partial charge in [-0.2, -0.15) is 0 Å².